The lowest BCUT2D eigenvalue weighted by molar-refractivity contribution is -0.0383. The minimum Gasteiger partial charge on any atom is -0.444 e. The molecular formula is C23H38N4O4. The molecule has 0 aliphatic heterocycles. The molecule has 8 nitrogen and oxygen atoms in total. The van der Waals surface area contributed by atoms with E-state index >= 15 is 0 Å². The molecule has 2 aliphatic rings. The van der Waals surface area contributed by atoms with Crippen LogP contribution in [0.2, 0.25) is 0 Å². The number of anilines is 1. The fraction of sp³-hybridized carbons (Fsp3) is 0.783. The highest BCUT2D eigenvalue weighted by Crippen LogP contribution is 2.54. The first kappa shape index (κ1) is 23.4. The van der Waals surface area contributed by atoms with Crippen LogP contribution < -0.4 is 17.0 Å². The number of nitrogens with two attached hydrogens (primary N) is 1. The first-order valence-corrected chi connectivity index (χ1v) is 11.5. The van der Waals surface area contributed by atoms with E-state index in [0.29, 0.717) is 6.54 Å². The molecule has 1 aromatic rings. The Morgan fingerprint density at radius 3 is 2.42 bits per heavy atom. The summed E-state index contributed by atoms with van der Waals surface area (Å²) in [7, 11) is 1.81. The smallest absolute Gasteiger partial charge is 0.410 e. The molecular weight excluding hydrogens is 396 g/mol. The third-order valence-corrected chi connectivity index (χ3v) is 6.94. The third-order valence-electron chi connectivity index (χ3n) is 6.94. The summed E-state index contributed by atoms with van der Waals surface area (Å²) in [6.07, 6.45) is 6.95. The maximum absolute atomic E-state index is 13.0. The summed E-state index contributed by atoms with van der Waals surface area (Å²) < 4.78 is 8.43. The first-order valence-electron chi connectivity index (χ1n) is 11.5. The predicted octanol–water partition coefficient (Wildman–Crippen LogP) is 3.52. The van der Waals surface area contributed by atoms with Crippen LogP contribution in [0.1, 0.15) is 85.1 Å². The van der Waals surface area contributed by atoms with E-state index in [0.717, 1.165) is 51.4 Å². The molecule has 0 bridgehead atoms. The molecule has 0 radical (unpaired) electrons. The average Bonchev–Trinajstić information content (AvgIpc) is 2.64. The predicted molar refractivity (Wildman–Crippen MR) is 121 cm³/mol. The van der Waals surface area contributed by atoms with E-state index in [9.17, 15) is 14.4 Å². The normalized spacial score (nSPS) is 25.8. The molecule has 174 valence electrons. The molecule has 2 fully saturated rings. The van der Waals surface area contributed by atoms with Gasteiger partial charge in [0.25, 0.3) is 5.56 Å². The summed E-state index contributed by atoms with van der Waals surface area (Å²) in [5, 5.41) is 0. The van der Waals surface area contributed by atoms with Crippen molar-refractivity contribution in [3.8, 4) is 0 Å². The van der Waals surface area contributed by atoms with Crippen LogP contribution in [0.25, 0.3) is 0 Å². The molecule has 2 aliphatic carbocycles. The standard InChI is InChI=1S/C23H38N4O4/c1-6-7-12-26-18(24)13-19(28)27(20(26)29)16-8-10-23(11-9-16)14-17(15-23)25(5)21(30)31-22(2,3)4/h13,16-17H,6-12,14-15,24H2,1-5H3. The first-order chi connectivity index (χ1) is 14.5. The van der Waals surface area contributed by atoms with Crippen molar-refractivity contribution in [2.24, 2.45) is 5.41 Å². The zero-order valence-electron chi connectivity index (χ0n) is 19.6. The van der Waals surface area contributed by atoms with Gasteiger partial charge in [0, 0.05) is 31.7 Å². The van der Waals surface area contributed by atoms with Crippen molar-refractivity contribution < 1.29 is 9.53 Å². The number of carbonyl (C=O) groups is 1. The van der Waals surface area contributed by atoms with Gasteiger partial charge in [0.15, 0.2) is 0 Å². The summed E-state index contributed by atoms with van der Waals surface area (Å²) in [5.74, 6) is 0.249. The van der Waals surface area contributed by atoms with E-state index in [-0.39, 0.29) is 40.7 Å². The van der Waals surface area contributed by atoms with E-state index in [1.807, 2.05) is 27.8 Å². The molecule has 0 saturated heterocycles. The van der Waals surface area contributed by atoms with E-state index in [2.05, 4.69) is 6.92 Å². The molecule has 0 aromatic carbocycles. The van der Waals surface area contributed by atoms with Crippen LogP contribution in [0.3, 0.4) is 0 Å². The maximum Gasteiger partial charge on any atom is 0.410 e. The molecule has 3 rings (SSSR count). The Morgan fingerprint density at radius 2 is 1.87 bits per heavy atom. The fourth-order valence-corrected chi connectivity index (χ4v) is 5.06. The van der Waals surface area contributed by atoms with Gasteiger partial charge in [-0.3, -0.25) is 13.9 Å². The van der Waals surface area contributed by atoms with Crippen LogP contribution in [0.15, 0.2) is 15.7 Å². The third kappa shape index (κ3) is 4.99. The van der Waals surface area contributed by atoms with Crippen molar-refractivity contribution in [1.82, 2.24) is 14.0 Å². The Hall–Kier alpha value is -2.25. The van der Waals surface area contributed by atoms with E-state index in [4.69, 9.17) is 10.5 Å². The molecule has 1 heterocycles. The number of nitrogen functional groups attached to an aromatic ring is 1. The Bertz CT molecular complexity index is 911. The number of aromatic nitrogens is 2. The Morgan fingerprint density at radius 1 is 1.26 bits per heavy atom. The van der Waals surface area contributed by atoms with Gasteiger partial charge in [0.2, 0.25) is 0 Å². The fourth-order valence-electron chi connectivity index (χ4n) is 5.06. The van der Waals surface area contributed by atoms with Gasteiger partial charge in [0.1, 0.15) is 11.4 Å². The van der Waals surface area contributed by atoms with Gasteiger partial charge in [-0.1, -0.05) is 13.3 Å². The van der Waals surface area contributed by atoms with Crippen molar-refractivity contribution in [1.29, 1.82) is 0 Å². The summed E-state index contributed by atoms with van der Waals surface area (Å²) in [6.45, 7) is 8.22. The minimum absolute atomic E-state index is 0.0817. The number of hydrogen-bond acceptors (Lipinski definition) is 5. The largest absolute Gasteiger partial charge is 0.444 e. The number of rotatable bonds is 5. The molecule has 1 aromatic heterocycles. The van der Waals surface area contributed by atoms with Crippen LogP contribution in [0.5, 0.6) is 0 Å². The van der Waals surface area contributed by atoms with Gasteiger partial charge in [-0.25, -0.2) is 9.59 Å². The van der Waals surface area contributed by atoms with Gasteiger partial charge >= 0.3 is 11.8 Å². The van der Waals surface area contributed by atoms with Gasteiger partial charge in [-0.05, 0) is 71.1 Å². The highest BCUT2D eigenvalue weighted by atomic mass is 16.6. The van der Waals surface area contributed by atoms with Gasteiger partial charge in [-0.15, -0.1) is 0 Å². The Labute approximate surface area is 184 Å². The molecule has 0 atom stereocenters. The second-order valence-electron chi connectivity index (χ2n) is 10.4. The number of hydrogen-bond donors (Lipinski definition) is 1. The molecule has 2 saturated carbocycles. The summed E-state index contributed by atoms with van der Waals surface area (Å²) in [5.41, 5.74) is 5.07. The number of ether oxygens (including phenoxy) is 1. The number of carbonyl (C=O) groups excluding carboxylic acids is 1. The second-order valence-corrected chi connectivity index (χ2v) is 10.4. The van der Waals surface area contributed by atoms with Crippen LogP contribution in [0.4, 0.5) is 10.6 Å². The monoisotopic (exact) mass is 434 g/mol. The lowest BCUT2D eigenvalue weighted by atomic mass is 9.57. The molecule has 8 heteroatoms. The van der Waals surface area contributed by atoms with Crippen molar-refractivity contribution >= 4 is 11.9 Å². The average molecular weight is 435 g/mol. The Balaban J connectivity index is 1.63. The molecule has 1 amide bonds. The zero-order valence-corrected chi connectivity index (χ0v) is 19.6. The van der Waals surface area contributed by atoms with Crippen LogP contribution >= 0.6 is 0 Å². The van der Waals surface area contributed by atoms with Crippen LogP contribution in [0, 0.1) is 5.41 Å². The second kappa shape index (κ2) is 8.71. The lowest BCUT2D eigenvalue weighted by Gasteiger charge is -2.54. The maximum atomic E-state index is 13.0. The molecule has 0 unspecified atom stereocenters. The van der Waals surface area contributed by atoms with Crippen LogP contribution in [-0.4, -0.2) is 38.8 Å². The zero-order chi connectivity index (χ0) is 23.0. The van der Waals surface area contributed by atoms with Crippen molar-refractivity contribution in [2.75, 3.05) is 12.8 Å². The summed E-state index contributed by atoms with van der Waals surface area (Å²) in [4.78, 5) is 39.6. The number of unbranched alkanes of at least 4 members (excludes halogenated alkanes) is 1. The quantitative estimate of drug-likeness (QED) is 0.764. The van der Waals surface area contributed by atoms with Crippen molar-refractivity contribution in [3.63, 3.8) is 0 Å². The van der Waals surface area contributed by atoms with E-state index in [1.165, 1.54) is 15.2 Å². The SMILES string of the molecule is CCCCn1c(N)cc(=O)n(C2CCC3(CC2)CC(N(C)C(=O)OC(C)(C)C)C3)c1=O. The van der Waals surface area contributed by atoms with E-state index < -0.39 is 5.60 Å². The topological polar surface area (TPSA) is 99.6 Å². The van der Waals surface area contributed by atoms with Crippen LogP contribution in [-0.2, 0) is 11.3 Å². The minimum atomic E-state index is -0.499. The number of amides is 1. The van der Waals surface area contributed by atoms with Gasteiger partial charge in [-0.2, -0.15) is 0 Å². The highest BCUT2D eigenvalue weighted by Gasteiger charge is 2.49. The summed E-state index contributed by atoms with van der Waals surface area (Å²) >= 11 is 0. The molecule has 1 spiro atoms. The molecule has 31 heavy (non-hydrogen) atoms. The Kier molecular flexibility index (Phi) is 6.58. The van der Waals surface area contributed by atoms with Crippen molar-refractivity contribution in [3.05, 3.63) is 26.9 Å². The van der Waals surface area contributed by atoms with Gasteiger partial charge < -0.3 is 15.4 Å². The molecule has 2 N–H and O–H groups in total. The number of nitrogens with zero attached hydrogens (tertiary/aromatic N) is 3. The van der Waals surface area contributed by atoms with Gasteiger partial charge in [0.05, 0.1) is 0 Å². The summed E-state index contributed by atoms with van der Waals surface area (Å²) in [6, 6.07) is 1.50. The lowest BCUT2D eigenvalue weighted by Crippen LogP contribution is -2.54. The highest BCUT2D eigenvalue weighted by molar-refractivity contribution is 5.68. The van der Waals surface area contributed by atoms with E-state index in [1.54, 1.807) is 4.90 Å². The van der Waals surface area contributed by atoms with Crippen molar-refractivity contribution in [2.45, 2.75) is 103 Å².